The molecule has 0 aliphatic carbocycles. The van der Waals surface area contributed by atoms with Crippen LogP contribution in [0.25, 0.3) is 5.52 Å². The number of aliphatic hydroxyl groups excluding tert-OH is 1. The van der Waals surface area contributed by atoms with Gasteiger partial charge in [0, 0.05) is 25.0 Å². The van der Waals surface area contributed by atoms with Crippen LogP contribution in [0.1, 0.15) is 19.5 Å². The van der Waals surface area contributed by atoms with E-state index < -0.39 is 18.0 Å². The fraction of sp³-hybridized carbons (Fsp3) is 0.500. The van der Waals surface area contributed by atoms with Crippen LogP contribution in [0.15, 0.2) is 18.5 Å². The van der Waals surface area contributed by atoms with Crippen molar-refractivity contribution in [3.8, 4) is 0 Å². The lowest BCUT2D eigenvalue weighted by Gasteiger charge is -2.15. The third-order valence-corrected chi connectivity index (χ3v) is 2.93. The molecule has 20 heavy (non-hydrogen) atoms. The van der Waals surface area contributed by atoms with Crippen LogP contribution in [0.4, 0.5) is 19.0 Å². The van der Waals surface area contributed by atoms with Gasteiger partial charge in [0.05, 0.1) is 6.10 Å². The Bertz CT molecular complexity index is 594. The molecule has 2 aromatic heterocycles. The zero-order valence-corrected chi connectivity index (χ0v) is 11.0. The standard InChI is InChI=1S/C12H15F3N4O/c1-7(2)9(20)6-17-11-8-5-10(12(13,14)15)18-19(8)4-3-16-11/h3-5,7,9,20H,6H2,1-2H3,(H,16,17). The van der Waals surface area contributed by atoms with Crippen molar-refractivity contribution >= 4 is 11.3 Å². The first-order valence-electron chi connectivity index (χ1n) is 6.12. The number of anilines is 1. The normalized spacial score (nSPS) is 13.9. The Kier molecular flexibility index (Phi) is 3.85. The summed E-state index contributed by atoms with van der Waals surface area (Å²) in [6.45, 7) is 3.90. The van der Waals surface area contributed by atoms with Gasteiger partial charge in [0.25, 0.3) is 0 Å². The molecule has 1 atom stereocenters. The predicted molar refractivity (Wildman–Crippen MR) is 67.3 cm³/mol. The molecule has 0 radical (unpaired) electrons. The van der Waals surface area contributed by atoms with Crippen LogP contribution >= 0.6 is 0 Å². The highest BCUT2D eigenvalue weighted by Crippen LogP contribution is 2.30. The van der Waals surface area contributed by atoms with E-state index in [4.69, 9.17) is 0 Å². The molecule has 5 nitrogen and oxygen atoms in total. The van der Waals surface area contributed by atoms with E-state index in [1.165, 1.54) is 12.4 Å². The summed E-state index contributed by atoms with van der Waals surface area (Å²) in [5.74, 6) is 0.299. The van der Waals surface area contributed by atoms with Crippen molar-refractivity contribution in [2.75, 3.05) is 11.9 Å². The van der Waals surface area contributed by atoms with Gasteiger partial charge in [-0.15, -0.1) is 0 Å². The fourth-order valence-corrected chi connectivity index (χ4v) is 1.63. The molecule has 0 aromatic carbocycles. The van der Waals surface area contributed by atoms with Crippen molar-refractivity contribution in [3.63, 3.8) is 0 Å². The summed E-state index contributed by atoms with van der Waals surface area (Å²) in [6, 6.07) is 0.928. The lowest BCUT2D eigenvalue weighted by Crippen LogP contribution is -2.25. The van der Waals surface area contributed by atoms with Crippen LogP contribution in [0.3, 0.4) is 0 Å². The van der Waals surface area contributed by atoms with Gasteiger partial charge >= 0.3 is 6.18 Å². The maximum Gasteiger partial charge on any atom is 0.435 e. The number of fused-ring (bicyclic) bond motifs is 1. The molecule has 110 valence electrons. The molecule has 8 heteroatoms. The lowest BCUT2D eigenvalue weighted by atomic mass is 10.1. The van der Waals surface area contributed by atoms with Gasteiger partial charge in [-0.1, -0.05) is 13.8 Å². The number of nitrogens with one attached hydrogen (secondary N) is 1. The highest BCUT2D eigenvalue weighted by Gasteiger charge is 2.34. The first-order valence-corrected chi connectivity index (χ1v) is 6.12. The zero-order chi connectivity index (χ0) is 14.9. The molecule has 2 N–H and O–H groups in total. The molecular formula is C12H15F3N4O. The van der Waals surface area contributed by atoms with Crippen LogP contribution in [0, 0.1) is 5.92 Å². The van der Waals surface area contributed by atoms with E-state index in [9.17, 15) is 18.3 Å². The molecule has 0 fully saturated rings. The first kappa shape index (κ1) is 14.6. The molecule has 0 bridgehead atoms. The SMILES string of the molecule is CC(C)C(O)CNc1nccn2nc(C(F)(F)F)cc12. The Morgan fingerprint density at radius 2 is 2.10 bits per heavy atom. The monoisotopic (exact) mass is 288 g/mol. The largest absolute Gasteiger partial charge is 0.435 e. The van der Waals surface area contributed by atoms with E-state index in [2.05, 4.69) is 15.4 Å². The molecule has 0 spiro atoms. The number of aliphatic hydroxyl groups is 1. The maximum atomic E-state index is 12.6. The van der Waals surface area contributed by atoms with Gasteiger partial charge in [-0.25, -0.2) is 9.50 Å². The second-order valence-electron chi connectivity index (χ2n) is 4.83. The molecule has 2 aromatic rings. The molecule has 2 rings (SSSR count). The van der Waals surface area contributed by atoms with Crippen molar-refractivity contribution in [3.05, 3.63) is 24.2 Å². The van der Waals surface area contributed by atoms with Crippen LogP contribution < -0.4 is 5.32 Å². The molecule has 0 aliphatic heterocycles. The number of hydrogen-bond donors (Lipinski definition) is 2. The summed E-state index contributed by atoms with van der Waals surface area (Å²) in [6.07, 6.45) is -2.42. The van der Waals surface area contributed by atoms with Gasteiger partial charge in [-0.2, -0.15) is 18.3 Å². The highest BCUT2D eigenvalue weighted by molar-refractivity contribution is 5.67. The average Bonchev–Trinajstić information content (AvgIpc) is 2.79. The van der Waals surface area contributed by atoms with Crippen molar-refractivity contribution in [1.82, 2.24) is 14.6 Å². The van der Waals surface area contributed by atoms with Crippen LogP contribution in [0.2, 0.25) is 0 Å². The number of hydrogen-bond acceptors (Lipinski definition) is 4. The van der Waals surface area contributed by atoms with Crippen molar-refractivity contribution in [2.24, 2.45) is 5.92 Å². The molecule has 2 heterocycles. The van der Waals surface area contributed by atoms with Crippen LogP contribution in [-0.2, 0) is 6.18 Å². The smallest absolute Gasteiger partial charge is 0.391 e. The van der Waals surface area contributed by atoms with E-state index >= 15 is 0 Å². The first-order chi connectivity index (χ1) is 9.29. The Hall–Kier alpha value is -1.83. The highest BCUT2D eigenvalue weighted by atomic mass is 19.4. The summed E-state index contributed by atoms with van der Waals surface area (Å²) in [4.78, 5) is 3.98. The minimum atomic E-state index is -4.50. The van der Waals surface area contributed by atoms with E-state index in [1.54, 1.807) is 0 Å². The Morgan fingerprint density at radius 3 is 2.70 bits per heavy atom. The summed E-state index contributed by atoms with van der Waals surface area (Å²) in [5.41, 5.74) is -0.756. The van der Waals surface area contributed by atoms with E-state index in [-0.39, 0.29) is 23.8 Å². The van der Waals surface area contributed by atoms with Crippen molar-refractivity contribution < 1.29 is 18.3 Å². The average molecular weight is 288 g/mol. The Labute approximate surface area is 113 Å². The van der Waals surface area contributed by atoms with Gasteiger partial charge in [0.2, 0.25) is 0 Å². The van der Waals surface area contributed by atoms with Crippen molar-refractivity contribution in [1.29, 1.82) is 0 Å². The number of halogens is 3. The quantitative estimate of drug-likeness (QED) is 0.905. The fourth-order valence-electron chi connectivity index (χ4n) is 1.63. The summed E-state index contributed by atoms with van der Waals surface area (Å²) in [5, 5.41) is 16.0. The van der Waals surface area contributed by atoms with Crippen LogP contribution in [0.5, 0.6) is 0 Å². The topological polar surface area (TPSA) is 62.5 Å². The number of aromatic nitrogens is 3. The molecule has 0 amide bonds. The number of alkyl halides is 3. The number of rotatable bonds is 4. The molecule has 0 saturated heterocycles. The summed E-state index contributed by atoms with van der Waals surface area (Å²) >= 11 is 0. The summed E-state index contributed by atoms with van der Waals surface area (Å²) < 4.78 is 39.0. The van der Waals surface area contributed by atoms with E-state index in [1.807, 2.05) is 13.8 Å². The zero-order valence-electron chi connectivity index (χ0n) is 11.0. The van der Waals surface area contributed by atoms with E-state index in [0.29, 0.717) is 0 Å². The van der Waals surface area contributed by atoms with Gasteiger partial charge in [-0.3, -0.25) is 0 Å². The predicted octanol–water partition coefficient (Wildman–Crippen LogP) is 2.18. The molecule has 1 unspecified atom stereocenters. The Balaban J connectivity index is 2.28. The van der Waals surface area contributed by atoms with Crippen molar-refractivity contribution in [2.45, 2.75) is 26.1 Å². The Morgan fingerprint density at radius 1 is 1.40 bits per heavy atom. The van der Waals surface area contributed by atoms with E-state index in [0.717, 1.165) is 10.6 Å². The van der Waals surface area contributed by atoms with Gasteiger partial charge in [-0.05, 0) is 5.92 Å². The minimum Gasteiger partial charge on any atom is -0.391 e. The summed E-state index contributed by atoms with van der Waals surface area (Å²) in [7, 11) is 0. The maximum absolute atomic E-state index is 12.6. The van der Waals surface area contributed by atoms with Gasteiger partial charge < -0.3 is 10.4 Å². The van der Waals surface area contributed by atoms with Crippen LogP contribution in [-0.4, -0.2) is 32.4 Å². The van der Waals surface area contributed by atoms with Gasteiger partial charge in [0.15, 0.2) is 11.5 Å². The third-order valence-electron chi connectivity index (χ3n) is 2.93. The lowest BCUT2D eigenvalue weighted by molar-refractivity contribution is -0.141. The minimum absolute atomic E-state index is 0.0397. The molecular weight excluding hydrogens is 273 g/mol. The molecule has 0 saturated carbocycles. The molecule has 0 aliphatic rings. The number of nitrogens with zero attached hydrogens (tertiary/aromatic N) is 3. The third kappa shape index (κ3) is 3.01. The second-order valence-corrected chi connectivity index (χ2v) is 4.83. The second kappa shape index (κ2) is 5.28. The van der Waals surface area contributed by atoms with Gasteiger partial charge in [0.1, 0.15) is 5.52 Å².